The molecule has 0 bridgehead atoms. The van der Waals surface area contributed by atoms with Gasteiger partial charge in [0.1, 0.15) is 11.5 Å². The van der Waals surface area contributed by atoms with E-state index in [4.69, 9.17) is 0 Å². The van der Waals surface area contributed by atoms with E-state index in [0.29, 0.717) is 17.5 Å². The standard InChI is InChI=1S/C19H16O4/c1-10(2)7-8-13-14(20)9-15(21)17-16(13)18(22)11-5-3-4-6-12(11)19(17)23/h3-7,9,20-21H,8H2,1-2H3. The van der Waals surface area contributed by atoms with Gasteiger partial charge < -0.3 is 10.2 Å². The second-order valence-electron chi connectivity index (χ2n) is 5.83. The lowest BCUT2D eigenvalue weighted by Crippen LogP contribution is -2.22. The number of fused-ring (bicyclic) bond motifs is 2. The number of phenols is 2. The number of aromatic hydroxyl groups is 2. The number of benzene rings is 2. The van der Waals surface area contributed by atoms with E-state index >= 15 is 0 Å². The summed E-state index contributed by atoms with van der Waals surface area (Å²) >= 11 is 0. The van der Waals surface area contributed by atoms with E-state index in [9.17, 15) is 19.8 Å². The Hall–Kier alpha value is -2.88. The van der Waals surface area contributed by atoms with E-state index in [1.807, 2.05) is 19.9 Å². The molecular weight excluding hydrogens is 292 g/mol. The average molecular weight is 308 g/mol. The van der Waals surface area contributed by atoms with Gasteiger partial charge >= 0.3 is 0 Å². The van der Waals surface area contributed by atoms with Crippen molar-refractivity contribution in [1.82, 2.24) is 0 Å². The zero-order chi connectivity index (χ0) is 16.7. The Morgan fingerprint density at radius 3 is 2.09 bits per heavy atom. The summed E-state index contributed by atoms with van der Waals surface area (Å²) in [7, 11) is 0. The van der Waals surface area contributed by atoms with Crippen LogP contribution in [0.15, 0.2) is 42.0 Å². The third-order valence-electron chi connectivity index (χ3n) is 3.98. The van der Waals surface area contributed by atoms with Gasteiger partial charge in [0.05, 0.1) is 5.56 Å². The molecule has 0 saturated carbocycles. The maximum atomic E-state index is 12.8. The number of phenolic OH excluding ortho intramolecular Hbond substituents is 2. The highest BCUT2D eigenvalue weighted by Crippen LogP contribution is 2.39. The molecule has 4 heteroatoms. The number of carbonyl (C=O) groups is 2. The molecule has 0 saturated heterocycles. The molecule has 0 unspecified atom stereocenters. The van der Waals surface area contributed by atoms with Crippen LogP contribution in [0.2, 0.25) is 0 Å². The van der Waals surface area contributed by atoms with Crippen LogP contribution >= 0.6 is 0 Å². The summed E-state index contributed by atoms with van der Waals surface area (Å²) in [6.45, 7) is 3.82. The number of allylic oxidation sites excluding steroid dienone is 2. The van der Waals surface area contributed by atoms with Gasteiger partial charge in [-0.25, -0.2) is 0 Å². The van der Waals surface area contributed by atoms with Gasteiger partial charge in [-0.3, -0.25) is 9.59 Å². The molecule has 0 atom stereocenters. The first-order valence-electron chi connectivity index (χ1n) is 7.31. The molecule has 0 amide bonds. The Labute approximate surface area is 133 Å². The van der Waals surface area contributed by atoms with E-state index in [-0.39, 0.29) is 34.0 Å². The lowest BCUT2D eigenvalue weighted by Gasteiger charge is -2.21. The van der Waals surface area contributed by atoms with Crippen molar-refractivity contribution in [2.75, 3.05) is 0 Å². The molecule has 1 aliphatic rings. The Morgan fingerprint density at radius 2 is 1.52 bits per heavy atom. The second kappa shape index (κ2) is 5.39. The van der Waals surface area contributed by atoms with Crippen LogP contribution in [0.1, 0.15) is 51.3 Å². The first-order chi connectivity index (χ1) is 10.9. The van der Waals surface area contributed by atoms with Gasteiger partial charge in [0.25, 0.3) is 0 Å². The third-order valence-corrected chi connectivity index (χ3v) is 3.98. The summed E-state index contributed by atoms with van der Waals surface area (Å²) in [4.78, 5) is 25.5. The van der Waals surface area contributed by atoms with Crippen molar-refractivity contribution in [1.29, 1.82) is 0 Å². The monoisotopic (exact) mass is 308 g/mol. The molecule has 2 aromatic rings. The smallest absolute Gasteiger partial charge is 0.198 e. The average Bonchev–Trinajstić information content (AvgIpc) is 2.51. The summed E-state index contributed by atoms with van der Waals surface area (Å²) in [6, 6.07) is 7.65. The molecule has 116 valence electrons. The molecule has 4 nitrogen and oxygen atoms in total. The number of ketones is 2. The molecule has 0 spiro atoms. The summed E-state index contributed by atoms with van der Waals surface area (Å²) in [5.74, 6) is -1.30. The quantitative estimate of drug-likeness (QED) is 0.712. The molecule has 2 aromatic carbocycles. The molecular formula is C19H16O4. The van der Waals surface area contributed by atoms with Crippen molar-refractivity contribution in [3.63, 3.8) is 0 Å². The van der Waals surface area contributed by atoms with Crippen LogP contribution < -0.4 is 0 Å². The van der Waals surface area contributed by atoms with Crippen LogP contribution in [0.25, 0.3) is 0 Å². The topological polar surface area (TPSA) is 74.6 Å². The van der Waals surface area contributed by atoms with E-state index in [1.165, 1.54) is 0 Å². The number of hydrogen-bond acceptors (Lipinski definition) is 4. The largest absolute Gasteiger partial charge is 0.507 e. The van der Waals surface area contributed by atoms with Crippen LogP contribution in [-0.4, -0.2) is 21.8 Å². The maximum absolute atomic E-state index is 12.8. The number of hydrogen-bond donors (Lipinski definition) is 2. The molecule has 0 aromatic heterocycles. The van der Waals surface area contributed by atoms with Crippen molar-refractivity contribution < 1.29 is 19.8 Å². The minimum absolute atomic E-state index is 0.0244. The normalized spacial score (nSPS) is 12.6. The van der Waals surface area contributed by atoms with Gasteiger partial charge in [-0.05, 0) is 20.3 Å². The Balaban J connectivity index is 2.31. The predicted molar refractivity (Wildman–Crippen MR) is 86.2 cm³/mol. The Bertz CT molecular complexity index is 871. The SMILES string of the molecule is CC(C)=CCc1c(O)cc(O)c2c1C(=O)c1ccccc1C2=O. The van der Waals surface area contributed by atoms with Crippen LogP contribution in [0.3, 0.4) is 0 Å². The van der Waals surface area contributed by atoms with Crippen molar-refractivity contribution in [2.45, 2.75) is 20.3 Å². The highest BCUT2D eigenvalue weighted by molar-refractivity contribution is 6.30. The van der Waals surface area contributed by atoms with E-state index in [1.54, 1.807) is 24.3 Å². The second-order valence-corrected chi connectivity index (χ2v) is 5.83. The molecule has 1 aliphatic carbocycles. The minimum Gasteiger partial charge on any atom is -0.507 e. The molecule has 0 radical (unpaired) electrons. The van der Waals surface area contributed by atoms with E-state index < -0.39 is 5.78 Å². The van der Waals surface area contributed by atoms with Gasteiger partial charge in [-0.15, -0.1) is 0 Å². The van der Waals surface area contributed by atoms with E-state index in [0.717, 1.165) is 11.6 Å². The first-order valence-corrected chi connectivity index (χ1v) is 7.31. The fraction of sp³-hybridized carbons (Fsp3) is 0.158. The minimum atomic E-state index is -0.397. The highest BCUT2D eigenvalue weighted by Gasteiger charge is 2.34. The summed E-state index contributed by atoms with van der Waals surface area (Å²) in [6.07, 6.45) is 2.18. The van der Waals surface area contributed by atoms with Crippen molar-refractivity contribution in [2.24, 2.45) is 0 Å². The van der Waals surface area contributed by atoms with Gasteiger partial charge in [-0.1, -0.05) is 35.9 Å². The molecule has 23 heavy (non-hydrogen) atoms. The molecule has 2 N–H and O–H groups in total. The zero-order valence-electron chi connectivity index (χ0n) is 12.9. The van der Waals surface area contributed by atoms with Gasteiger partial charge in [-0.2, -0.15) is 0 Å². The number of carbonyl (C=O) groups excluding carboxylic acids is 2. The van der Waals surface area contributed by atoms with Gasteiger partial charge in [0.2, 0.25) is 0 Å². The van der Waals surface area contributed by atoms with Gasteiger partial charge in [0.15, 0.2) is 11.6 Å². The lowest BCUT2D eigenvalue weighted by molar-refractivity contribution is 0.0975. The third kappa shape index (κ3) is 2.32. The fourth-order valence-electron chi connectivity index (χ4n) is 2.84. The van der Waals surface area contributed by atoms with Crippen molar-refractivity contribution in [3.05, 3.63) is 69.8 Å². The molecule has 0 aliphatic heterocycles. The van der Waals surface area contributed by atoms with Crippen LogP contribution in [0, 0.1) is 0 Å². The van der Waals surface area contributed by atoms with Crippen LogP contribution in [0.4, 0.5) is 0 Å². The Kier molecular flexibility index (Phi) is 3.52. The number of rotatable bonds is 2. The van der Waals surface area contributed by atoms with E-state index in [2.05, 4.69) is 0 Å². The highest BCUT2D eigenvalue weighted by atomic mass is 16.3. The van der Waals surface area contributed by atoms with Crippen LogP contribution in [0.5, 0.6) is 11.5 Å². The molecule has 3 rings (SSSR count). The zero-order valence-corrected chi connectivity index (χ0v) is 12.9. The predicted octanol–water partition coefficient (Wildman–Crippen LogP) is 3.38. The van der Waals surface area contributed by atoms with Crippen molar-refractivity contribution >= 4 is 11.6 Å². The van der Waals surface area contributed by atoms with Crippen LogP contribution in [-0.2, 0) is 6.42 Å². The molecule has 0 fully saturated rings. The fourth-order valence-corrected chi connectivity index (χ4v) is 2.84. The maximum Gasteiger partial charge on any atom is 0.198 e. The van der Waals surface area contributed by atoms with Gasteiger partial charge in [0, 0.05) is 28.3 Å². The summed E-state index contributed by atoms with van der Waals surface area (Å²) < 4.78 is 0. The molecule has 0 heterocycles. The van der Waals surface area contributed by atoms with Crippen molar-refractivity contribution in [3.8, 4) is 11.5 Å². The summed E-state index contributed by atoms with van der Waals surface area (Å²) in [5, 5.41) is 20.3. The first kappa shape index (κ1) is 15.0. The summed E-state index contributed by atoms with van der Waals surface area (Å²) in [5.41, 5.74) is 2.05. The lowest BCUT2D eigenvalue weighted by atomic mass is 9.80. The Morgan fingerprint density at radius 1 is 0.957 bits per heavy atom.